The number of nitrogens with one attached hydrogen (secondary N) is 1. The van der Waals surface area contributed by atoms with Gasteiger partial charge in [0, 0.05) is 22.3 Å². The first-order valence-corrected chi connectivity index (χ1v) is 11.0. The molecule has 1 saturated carbocycles. The van der Waals surface area contributed by atoms with Gasteiger partial charge in [-0.1, -0.05) is 24.5 Å². The molecule has 0 atom stereocenters. The van der Waals surface area contributed by atoms with E-state index >= 15 is 0 Å². The highest BCUT2D eigenvalue weighted by Crippen LogP contribution is 2.24. The van der Waals surface area contributed by atoms with Gasteiger partial charge in [0.2, 0.25) is 11.6 Å². The molecule has 31 heavy (non-hydrogen) atoms. The summed E-state index contributed by atoms with van der Waals surface area (Å²) in [5.74, 6) is -0.182. The van der Waals surface area contributed by atoms with E-state index in [2.05, 4.69) is 36.1 Å². The number of nitrogens with two attached hydrogens (primary N) is 1. The molecule has 3 heterocycles. The van der Waals surface area contributed by atoms with Crippen LogP contribution < -0.4 is 11.2 Å². The van der Waals surface area contributed by atoms with E-state index in [1.54, 1.807) is 17.6 Å². The van der Waals surface area contributed by atoms with E-state index in [0.29, 0.717) is 18.3 Å². The molecular formula is C19H25N9O2S. The maximum atomic E-state index is 12.8. The van der Waals surface area contributed by atoms with Gasteiger partial charge in [-0.15, -0.1) is 16.4 Å². The number of hydrazone groups is 1. The standard InChI is InChI=1S/C19H25N9O2S/c1-12-8-9-14(31-12)10-21-23-19(29)16-15(11-27(2)13-6-4-3-5-7-13)28(26-22-16)18-17(20)24-30-25-18/h8-10,13H,3-7,11H2,1-2H3,(H2,20,24)(H,23,29). The van der Waals surface area contributed by atoms with Gasteiger partial charge in [0.15, 0.2) is 5.69 Å². The van der Waals surface area contributed by atoms with Crippen molar-refractivity contribution in [2.45, 2.75) is 51.6 Å². The molecule has 0 unspecified atom stereocenters. The molecule has 164 valence electrons. The minimum atomic E-state index is -0.460. The number of aromatic nitrogens is 5. The largest absolute Gasteiger partial charge is 0.378 e. The number of anilines is 1. The van der Waals surface area contributed by atoms with Gasteiger partial charge in [-0.05, 0) is 49.3 Å². The Morgan fingerprint density at radius 1 is 1.39 bits per heavy atom. The van der Waals surface area contributed by atoms with Crippen LogP contribution in [0.3, 0.4) is 0 Å². The maximum absolute atomic E-state index is 12.8. The molecule has 0 bridgehead atoms. The summed E-state index contributed by atoms with van der Waals surface area (Å²) in [5.41, 5.74) is 9.10. The molecule has 4 rings (SSSR count). The quantitative estimate of drug-likeness (QED) is 0.418. The van der Waals surface area contributed by atoms with Gasteiger partial charge in [0.1, 0.15) is 0 Å². The zero-order chi connectivity index (χ0) is 21.8. The molecule has 3 N–H and O–H groups in total. The lowest BCUT2D eigenvalue weighted by molar-refractivity contribution is 0.0947. The number of hydrogen-bond acceptors (Lipinski definition) is 10. The van der Waals surface area contributed by atoms with Crippen LogP contribution in [0.15, 0.2) is 21.9 Å². The summed E-state index contributed by atoms with van der Waals surface area (Å²) in [4.78, 5) is 17.2. The highest BCUT2D eigenvalue weighted by Gasteiger charge is 2.27. The molecule has 12 heteroatoms. The second-order valence-corrected chi connectivity index (χ2v) is 8.94. The Morgan fingerprint density at radius 3 is 2.87 bits per heavy atom. The smallest absolute Gasteiger partial charge is 0.293 e. The van der Waals surface area contributed by atoms with Gasteiger partial charge in [-0.3, -0.25) is 9.69 Å². The first-order valence-electron chi connectivity index (χ1n) is 10.2. The van der Waals surface area contributed by atoms with E-state index in [0.717, 1.165) is 17.7 Å². The average molecular weight is 444 g/mol. The molecule has 1 aliphatic rings. The van der Waals surface area contributed by atoms with Gasteiger partial charge in [-0.25, -0.2) is 10.1 Å². The molecule has 0 aliphatic heterocycles. The minimum absolute atomic E-state index is 0.0736. The normalized spacial score (nSPS) is 15.2. The molecular weight excluding hydrogens is 418 g/mol. The molecule has 0 radical (unpaired) electrons. The van der Waals surface area contributed by atoms with Crippen LogP contribution in [-0.2, 0) is 6.54 Å². The molecule has 0 spiro atoms. The molecule has 1 aliphatic carbocycles. The van der Waals surface area contributed by atoms with Crippen LogP contribution in [0.2, 0.25) is 0 Å². The monoisotopic (exact) mass is 443 g/mol. The average Bonchev–Trinajstić information content (AvgIpc) is 3.48. The zero-order valence-electron chi connectivity index (χ0n) is 17.5. The van der Waals surface area contributed by atoms with Crippen molar-refractivity contribution in [3.8, 4) is 5.82 Å². The van der Waals surface area contributed by atoms with Crippen molar-refractivity contribution in [1.29, 1.82) is 0 Å². The number of rotatable bonds is 7. The lowest BCUT2D eigenvalue weighted by Crippen LogP contribution is -2.34. The third-order valence-electron chi connectivity index (χ3n) is 5.39. The summed E-state index contributed by atoms with van der Waals surface area (Å²) in [6.45, 7) is 2.46. The van der Waals surface area contributed by atoms with Crippen LogP contribution in [0.25, 0.3) is 5.82 Å². The third kappa shape index (κ3) is 4.80. The van der Waals surface area contributed by atoms with Crippen molar-refractivity contribution in [3.05, 3.63) is 33.3 Å². The number of nitrogen functional groups attached to an aromatic ring is 1. The summed E-state index contributed by atoms with van der Waals surface area (Å²) in [7, 11) is 2.04. The maximum Gasteiger partial charge on any atom is 0.293 e. The molecule has 1 fully saturated rings. The van der Waals surface area contributed by atoms with Crippen LogP contribution in [-0.4, -0.2) is 55.4 Å². The van der Waals surface area contributed by atoms with E-state index in [1.165, 1.54) is 28.8 Å². The Hall–Kier alpha value is -3.12. The molecule has 3 aromatic heterocycles. The molecule has 1 amide bonds. The van der Waals surface area contributed by atoms with Crippen LogP contribution in [0.1, 0.15) is 58.0 Å². The Morgan fingerprint density at radius 2 is 2.19 bits per heavy atom. The summed E-state index contributed by atoms with van der Waals surface area (Å²) in [6.07, 6.45) is 7.52. The highest BCUT2D eigenvalue weighted by atomic mass is 32.1. The Kier molecular flexibility index (Phi) is 6.37. The van der Waals surface area contributed by atoms with E-state index in [-0.39, 0.29) is 17.3 Å². The van der Waals surface area contributed by atoms with Gasteiger partial charge in [0.25, 0.3) is 5.91 Å². The van der Waals surface area contributed by atoms with Crippen molar-refractivity contribution >= 4 is 29.3 Å². The minimum Gasteiger partial charge on any atom is -0.378 e. The highest BCUT2D eigenvalue weighted by molar-refractivity contribution is 7.13. The topological polar surface area (TPSA) is 140 Å². The predicted octanol–water partition coefficient (Wildman–Crippen LogP) is 2.13. The van der Waals surface area contributed by atoms with Crippen molar-refractivity contribution in [3.63, 3.8) is 0 Å². The van der Waals surface area contributed by atoms with Crippen LogP contribution in [0.4, 0.5) is 5.82 Å². The summed E-state index contributed by atoms with van der Waals surface area (Å²) < 4.78 is 6.12. The van der Waals surface area contributed by atoms with Crippen LogP contribution in [0, 0.1) is 6.92 Å². The van der Waals surface area contributed by atoms with Gasteiger partial charge >= 0.3 is 0 Å². The SMILES string of the molecule is Cc1ccc(C=NNC(=O)c2nnn(-c3nonc3N)c2CN(C)C2CCCCC2)s1. The molecule has 11 nitrogen and oxygen atoms in total. The molecule has 0 saturated heterocycles. The van der Waals surface area contributed by atoms with Crippen molar-refractivity contribution in [1.82, 2.24) is 35.6 Å². The fourth-order valence-electron chi connectivity index (χ4n) is 3.75. The first-order chi connectivity index (χ1) is 15.0. The number of thiophene rings is 1. The number of amides is 1. The lowest BCUT2D eigenvalue weighted by Gasteiger charge is -2.31. The predicted molar refractivity (Wildman–Crippen MR) is 116 cm³/mol. The number of nitrogens with zero attached hydrogens (tertiary/aromatic N) is 7. The second kappa shape index (κ2) is 9.35. The summed E-state index contributed by atoms with van der Waals surface area (Å²) in [6, 6.07) is 4.37. The summed E-state index contributed by atoms with van der Waals surface area (Å²) >= 11 is 1.59. The van der Waals surface area contributed by atoms with Crippen LogP contribution in [0.5, 0.6) is 0 Å². The fourth-order valence-corrected chi connectivity index (χ4v) is 4.49. The van der Waals surface area contributed by atoms with E-state index in [1.807, 2.05) is 26.1 Å². The Balaban J connectivity index is 1.57. The molecule has 0 aromatic carbocycles. The van der Waals surface area contributed by atoms with E-state index < -0.39 is 5.91 Å². The third-order valence-corrected chi connectivity index (χ3v) is 6.33. The zero-order valence-corrected chi connectivity index (χ0v) is 18.3. The Labute approximate surface area is 183 Å². The van der Waals surface area contributed by atoms with E-state index in [9.17, 15) is 4.79 Å². The van der Waals surface area contributed by atoms with Crippen molar-refractivity contribution in [2.75, 3.05) is 12.8 Å². The fraction of sp³-hybridized carbons (Fsp3) is 0.474. The summed E-state index contributed by atoms with van der Waals surface area (Å²) in [5, 5.41) is 19.7. The van der Waals surface area contributed by atoms with Gasteiger partial charge in [-0.2, -0.15) is 9.78 Å². The van der Waals surface area contributed by atoms with E-state index in [4.69, 9.17) is 10.4 Å². The lowest BCUT2D eigenvalue weighted by atomic mass is 9.94. The number of hydrogen-bond donors (Lipinski definition) is 2. The number of carbonyl (C=O) groups is 1. The van der Waals surface area contributed by atoms with Gasteiger partial charge in [0.05, 0.1) is 11.9 Å². The second-order valence-electron chi connectivity index (χ2n) is 7.62. The number of carbonyl (C=O) groups excluding carboxylic acids is 1. The van der Waals surface area contributed by atoms with Crippen LogP contribution >= 0.6 is 11.3 Å². The first kappa shape index (κ1) is 21.1. The Bertz CT molecular complexity index is 1060. The van der Waals surface area contributed by atoms with Crippen molar-refractivity contribution in [2.24, 2.45) is 5.10 Å². The van der Waals surface area contributed by atoms with Gasteiger partial charge < -0.3 is 5.73 Å². The molecule has 3 aromatic rings. The number of aryl methyl sites for hydroxylation is 1. The van der Waals surface area contributed by atoms with Crippen molar-refractivity contribution < 1.29 is 9.42 Å².